The van der Waals surface area contributed by atoms with E-state index in [9.17, 15) is 0 Å². The molecule has 1 heterocycles. The van der Waals surface area contributed by atoms with Crippen LogP contribution in [0.5, 0.6) is 0 Å². The normalized spacial score (nSPS) is 21.3. The summed E-state index contributed by atoms with van der Waals surface area (Å²) in [6.45, 7) is 5.70. The van der Waals surface area contributed by atoms with Gasteiger partial charge in [-0.1, -0.05) is 73.9 Å². The van der Waals surface area contributed by atoms with Crippen molar-refractivity contribution in [2.24, 2.45) is 0 Å². The highest BCUT2D eigenvalue weighted by Crippen LogP contribution is 2.27. The van der Waals surface area contributed by atoms with Gasteiger partial charge < -0.3 is 9.47 Å². The molecule has 0 aliphatic carbocycles. The molecule has 1 aliphatic heterocycles. The van der Waals surface area contributed by atoms with Gasteiger partial charge in [0, 0.05) is 0 Å². The topological polar surface area (TPSA) is 18.5 Å². The number of ether oxygens (including phenoxy) is 2. The number of hydrogen-bond acceptors (Lipinski definition) is 2. The number of rotatable bonds is 5. The van der Waals surface area contributed by atoms with Crippen molar-refractivity contribution < 1.29 is 9.47 Å². The third-order valence-corrected chi connectivity index (χ3v) is 4.51. The lowest BCUT2D eigenvalue weighted by Crippen LogP contribution is -2.31. The molecular formula is C21H26O2. The minimum Gasteiger partial charge on any atom is -0.373 e. The smallest absolute Gasteiger partial charge is 0.106 e. The van der Waals surface area contributed by atoms with Gasteiger partial charge >= 0.3 is 0 Å². The van der Waals surface area contributed by atoms with Crippen molar-refractivity contribution >= 4 is 0 Å². The molecule has 0 unspecified atom stereocenters. The van der Waals surface area contributed by atoms with Crippen LogP contribution in [0, 0.1) is 6.92 Å². The summed E-state index contributed by atoms with van der Waals surface area (Å²) in [7, 11) is 0. The lowest BCUT2D eigenvalue weighted by atomic mass is 10.0. The van der Waals surface area contributed by atoms with Gasteiger partial charge in [0.15, 0.2) is 0 Å². The second kappa shape index (κ2) is 7.76. The molecule has 2 atom stereocenters. The Morgan fingerprint density at radius 3 is 2.09 bits per heavy atom. The van der Waals surface area contributed by atoms with Crippen LogP contribution in [-0.2, 0) is 9.47 Å². The minimum absolute atomic E-state index is 0.0694. The molecule has 0 bridgehead atoms. The van der Waals surface area contributed by atoms with Crippen LogP contribution in [0.1, 0.15) is 43.4 Å². The Kier molecular flexibility index (Phi) is 5.47. The summed E-state index contributed by atoms with van der Waals surface area (Å²) in [6.07, 6.45) is 3.88. The van der Waals surface area contributed by atoms with Gasteiger partial charge in [-0.05, 0) is 30.0 Å². The predicted molar refractivity (Wildman–Crippen MR) is 94.6 cm³/mol. The zero-order valence-electron chi connectivity index (χ0n) is 14.1. The van der Waals surface area contributed by atoms with Crippen molar-refractivity contribution in [3.05, 3.63) is 59.7 Å². The Morgan fingerprint density at radius 1 is 0.870 bits per heavy atom. The van der Waals surface area contributed by atoms with Gasteiger partial charge in [-0.25, -0.2) is 0 Å². The fraction of sp³-hybridized carbons (Fsp3) is 0.429. The van der Waals surface area contributed by atoms with E-state index in [2.05, 4.69) is 62.4 Å². The van der Waals surface area contributed by atoms with Gasteiger partial charge in [0.1, 0.15) is 6.10 Å². The van der Waals surface area contributed by atoms with E-state index in [1.807, 2.05) is 0 Å². The Labute approximate surface area is 139 Å². The van der Waals surface area contributed by atoms with Crippen molar-refractivity contribution in [2.75, 3.05) is 13.2 Å². The molecular weight excluding hydrogens is 284 g/mol. The molecule has 0 saturated carbocycles. The third kappa shape index (κ3) is 4.21. The van der Waals surface area contributed by atoms with Crippen molar-refractivity contribution in [3.63, 3.8) is 0 Å². The maximum absolute atomic E-state index is 6.01. The van der Waals surface area contributed by atoms with E-state index in [4.69, 9.17) is 9.47 Å². The van der Waals surface area contributed by atoms with E-state index in [1.54, 1.807) is 0 Å². The molecule has 2 heteroatoms. The van der Waals surface area contributed by atoms with Crippen LogP contribution >= 0.6 is 0 Å². The lowest BCUT2D eigenvalue weighted by Gasteiger charge is -2.30. The molecule has 0 amide bonds. The fourth-order valence-electron chi connectivity index (χ4n) is 2.97. The van der Waals surface area contributed by atoms with Gasteiger partial charge in [-0.3, -0.25) is 0 Å². The highest BCUT2D eigenvalue weighted by atomic mass is 16.6. The van der Waals surface area contributed by atoms with E-state index in [1.165, 1.54) is 35.1 Å². The summed E-state index contributed by atoms with van der Waals surface area (Å²) >= 11 is 0. The monoisotopic (exact) mass is 310 g/mol. The SMILES string of the molecule is CCCC[C@@H]1CO[C@@H](c2ccc(-c3ccc(C)cc3)cc2)CO1. The van der Waals surface area contributed by atoms with E-state index in [0.29, 0.717) is 13.2 Å². The Balaban J connectivity index is 1.61. The molecule has 122 valence electrons. The fourth-order valence-corrected chi connectivity index (χ4v) is 2.97. The molecule has 1 aliphatic rings. The van der Waals surface area contributed by atoms with Gasteiger partial charge in [0.2, 0.25) is 0 Å². The number of hydrogen-bond donors (Lipinski definition) is 0. The molecule has 2 aromatic carbocycles. The molecule has 0 spiro atoms. The van der Waals surface area contributed by atoms with Crippen molar-refractivity contribution in [3.8, 4) is 11.1 Å². The maximum atomic E-state index is 6.01. The molecule has 2 aromatic rings. The van der Waals surface area contributed by atoms with Crippen LogP contribution in [-0.4, -0.2) is 19.3 Å². The first-order valence-corrected chi connectivity index (χ1v) is 8.66. The van der Waals surface area contributed by atoms with E-state index in [-0.39, 0.29) is 12.2 Å². The maximum Gasteiger partial charge on any atom is 0.106 e. The van der Waals surface area contributed by atoms with Crippen LogP contribution in [0.25, 0.3) is 11.1 Å². The van der Waals surface area contributed by atoms with Crippen molar-refractivity contribution in [1.82, 2.24) is 0 Å². The van der Waals surface area contributed by atoms with Crippen molar-refractivity contribution in [1.29, 1.82) is 0 Å². The zero-order chi connectivity index (χ0) is 16.1. The third-order valence-electron chi connectivity index (χ3n) is 4.51. The Bertz CT molecular complexity index is 593. The molecule has 23 heavy (non-hydrogen) atoms. The summed E-state index contributed by atoms with van der Waals surface area (Å²) in [5.41, 5.74) is 4.99. The average Bonchev–Trinajstić information content (AvgIpc) is 2.61. The molecule has 0 aromatic heterocycles. The first-order valence-electron chi connectivity index (χ1n) is 8.66. The van der Waals surface area contributed by atoms with Crippen LogP contribution in [0.15, 0.2) is 48.5 Å². The quantitative estimate of drug-likeness (QED) is 0.745. The second-order valence-electron chi connectivity index (χ2n) is 6.41. The second-order valence-corrected chi connectivity index (χ2v) is 6.41. The van der Waals surface area contributed by atoms with E-state index < -0.39 is 0 Å². The van der Waals surface area contributed by atoms with Crippen molar-refractivity contribution in [2.45, 2.75) is 45.3 Å². The summed E-state index contributed by atoms with van der Waals surface area (Å²) in [6, 6.07) is 17.3. The van der Waals surface area contributed by atoms with E-state index >= 15 is 0 Å². The van der Waals surface area contributed by atoms with Gasteiger partial charge in [0.05, 0.1) is 19.3 Å². The van der Waals surface area contributed by atoms with Gasteiger partial charge in [-0.2, -0.15) is 0 Å². The number of unbranched alkanes of at least 4 members (excludes halogenated alkanes) is 1. The Morgan fingerprint density at radius 2 is 1.52 bits per heavy atom. The molecule has 2 nitrogen and oxygen atoms in total. The summed E-state index contributed by atoms with van der Waals surface area (Å²) in [5, 5.41) is 0. The van der Waals surface area contributed by atoms with Crippen LogP contribution in [0.4, 0.5) is 0 Å². The minimum atomic E-state index is 0.0694. The largest absolute Gasteiger partial charge is 0.373 e. The van der Waals surface area contributed by atoms with Crippen LogP contribution < -0.4 is 0 Å². The summed E-state index contributed by atoms with van der Waals surface area (Å²) in [5.74, 6) is 0. The van der Waals surface area contributed by atoms with Crippen LogP contribution in [0.2, 0.25) is 0 Å². The molecule has 1 fully saturated rings. The molecule has 0 N–H and O–H groups in total. The molecule has 0 radical (unpaired) electrons. The lowest BCUT2D eigenvalue weighted by molar-refractivity contribution is -0.137. The van der Waals surface area contributed by atoms with Crippen LogP contribution in [0.3, 0.4) is 0 Å². The summed E-state index contributed by atoms with van der Waals surface area (Å²) < 4.78 is 12.0. The average molecular weight is 310 g/mol. The highest BCUT2D eigenvalue weighted by molar-refractivity contribution is 5.64. The Hall–Kier alpha value is -1.64. The van der Waals surface area contributed by atoms with Gasteiger partial charge in [0.25, 0.3) is 0 Å². The molecule has 1 saturated heterocycles. The number of aryl methyl sites for hydroxylation is 1. The standard InChI is InChI=1S/C21H26O2/c1-3-4-5-20-14-23-21(15-22-20)19-12-10-18(11-13-19)17-8-6-16(2)7-9-17/h6-13,20-21H,3-5,14-15H2,1-2H3/t20-,21-/m1/s1. The highest BCUT2D eigenvalue weighted by Gasteiger charge is 2.23. The molecule has 3 rings (SSSR count). The first-order chi connectivity index (χ1) is 11.3. The number of benzene rings is 2. The predicted octanol–water partition coefficient (Wildman–Crippen LogP) is 5.31. The van der Waals surface area contributed by atoms with Gasteiger partial charge in [-0.15, -0.1) is 0 Å². The zero-order valence-corrected chi connectivity index (χ0v) is 14.1. The first kappa shape index (κ1) is 16.2. The van der Waals surface area contributed by atoms with E-state index in [0.717, 1.165) is 6.42 Å². The summed E-state index contributed by atoms with van der Waals surface area (Å²) in [4.78, 5) is 0.